The third-order valence-electron chi connectivity index (χ3n) is 7.93. The third kappa shape index (κ3) is 3.02. The monoisotopic (exact) mass is 444 g/mol. The normalized spacial score (nSPS) is 20.4. The number of hydrogen-bond donors (Lipinski definition) is 2. The number of carboxylic acids is 1. The molecule has 3 heterocycles. The van der Waals surface area contributed by atoms with Crippen molar-refractivity contribution in [3.05, 3.63) is 58.4 Å². The number of aromatic nitrogens is 2. The van der Waals surface area contributed by atoms with Gasteiger partial charge in [-0.15, -0.1) is 0 Å². The molecule has 3 aliphatic rings. The second-order valence-electron chi connectivity index (χ2n) is 10.1. The molecule has 1 aliphatic heterocycles. The smallest absolute Gasteiger partial charge is 0.335 e. The molecule has 2 N–H and O–H groups in total. The van der Waals surface area contributed by atoms with E-state index in [0.29, 0.717) is 16.6 Å². The van der Waals surface area contributed by atoms with E-state index in [-0.39, 0.29) is 11.3 Å². The van der Waals surface area contributed by atoms with Gasteiger partial charge in [0.05, 0.1) is 11.1 Å². The molecule has 0 amide bonds. The molecule has 33 heavy (non-hydrogen) atoms. The second kappa shape index (κ2) is 7.15. The molecule has 2 fully saturated rings. The number of pyridine rings is 1. The van der Waals surface area contributed by atoms with E-state index < -0.39 is 11.4 Å². The van der Waals surface area contributed by atoms with E-state index >= 15 is 0 Å². The Labute approximate surface area is 192 Å². The summed E-state index contributed by atoms with van der Waals surface area (Å²) in [6, 6.07) is 7.75. The molecular weight excluding hydrogens is 416 g/mol. The molecular formula is C26H28N4O3. The van der Waals surface area contributed by atoms with Crippen molar-refractivity contribution in [2.24, 2.45) is 0 Å². The number of benzene rings is 1. The van der Waals surface area contributed by atoms with Crippen LogP contribution in [0.4, 0.5) is 5.82 Å². The van der Waals surface area contributed by atoms with Gasteiger partial charge >= 0.3 is 5.97 Å². The van der Waals surface area contributed by atoms with Crippen LogP contribution < -0.4 is 4.90 Å². The summed E-state index contributed by atoms with van der Waals surface area (Å²) in [6.07, 6.45) is 5.75. The van der Waals surface area contributed by atoms with E-state index in [1.54, 1.807) is 24.4 Å². The summed E-state index contributed by atoms with van der Waals surface area (Å²) < 4.78 is 0. The number of carboxylic acid groups (broad SMARTS) is 1. The first kappa shape index (κ1) is 20.4. The predicted octanol–water partition coefficient (Wildman–Crippen LogP) is 3.81. The fourth-order valence-corrected chi connectivity index (χ4v) is 5.69. The number of rotatable bonds is 3. The van der Waals surface area contributed by atoms with E-state index in [0.717, 1.165) is 54.7 Å². The lowest BCUT2D eigenvalue weighted by Gasteiger charge is -2.43. The number of H-pyrrole nitrogens is 1. The molecule has 0 radical (unpaired) electrons. The summed E-state index contributed by atoms with van der Waals surface area (Å²) >= 11 is 0. The fourth-order valence-electron chi connectivity index (χ4n) is 5.69. The average molecular weight is 445 g/mol. The molecule has 1 aromatic carbocycles. The second-order valence-corrected chi connectivity index (χ2v) is 10.1. The topological polar surface area (TPSA) is 89.5 Å². The minimum Gasteiger partial charge on any atom is -0.478 e. The van der Waals surface area contributed by atoms with Crippen molar-refractivity contribution in [3.63, 3.8) is 0 Å². The molecule has 0 bridgehead atoms. The maximum Gasteiger partial charge on any atom is 0.335 e. The molecule has 0 unspecified atom stereocenters. The van der Waals surface area contributed by atoms with Crippen molar-refractivity contribution in [2.45, 2.75) is 44.6 Å². The van der Waals surface area contributed by atoms with Crippen molar-refractivity contribution in [2.75, 3.05) is 31.1 Å². The Morgan fingerprint density at radius 1 is 1.15 bits per heavy atom. The van der Waals surface area contributed by atoms with Crippen LogP contribution in [-0.2, 0) is 5.41 Å². The highest BCUT2D eigenvalue weighted by atomic mass is 16.4. The highest BCUT2D eigenvalue weighted by Gasteiger charge is 2.40. The third-order valence-corrected chi connectivity index (χ3v) is 7.93. The highest BCUT2D eigenvalue weighted by molar-refractivity contribution is 6.20. The number of fused-ring (bicyclic) bond motifs is 4. The summed E-state index contributed by atoms with van der Waals surface area (Å²) in [5, 5.41) is 10.1. The number of nitrogens with one attached hydrogen (secondary N) is 1. The van der Waals surface area contributed by atoms with Gasteiger partial charge < -0.3 is 15.0 Å². The van der Waals surface area contributed by atoms with Crippen LogP contribution in [0.3, 0.4) is 0 Å². The largest absolute Gasteiger partial charge is 0.478 e. The Bertz CT molecular complexity index is 1300. The van der Waals surface area contributed by atoms with Crippen molar-refractivity contribution >= 4 is 28.5 Å². The maximum atomic E-state index is 13.5. The standard InChI is InChI=1S/C26H28N4O3/c1-26(2)19-13-21(30-10-8-29(9-11-30)16-4-3-5-16)27-14-18(19)23(31)22-17-7-6-15(25(32)33)12-20(17)28-24(22)26/h6-7,12-14,16,28H,3-5,8-11H2,1-2H3,(H,32,33). The van der Waals surface area contributed by atoms with Crippen molar-refractivity contribution in [3.8, 4) is 0 Å². The highest BCUT2D eigenvalue weighted by Crippen LogP contribution is 2.44. The van der Waals surface area contributed by atoms with E-state index in [2.05, 4.69) is 34.7 Å². The summed E-state index contributed by atoms with van der Waals surface area (Å²) in [7, 11) is 0. The Hall–Kier alpha value is -3.19. The Balaban J connectivity index is 1.36. The first-order valence-corrected chi connectivity index (χ1v) is 11.8. The number of anilines is 1. The quantitative estimate of drug-likeness (QED) is 0.639. The van der Waals surface area contributed by atoms with Crippen LogP contribution in [0.15, 0.2) is 30.5 Å². The number of ketones is 1. The number of nitrogens with zero attached hydrogens (tertiary/aromatic N) is 3. The molecule has 2 aromatic heterocycles. The van der Waals surface area contributed by atoms with Crippen LogP contribution in [0.5, 0.6) is 0 Å². The van der Waals surface area contributed by atoms with Gasteiger partial charge in [-0.3, -0.25) is 9.69 Å². The van der Waals surface area contributed by atoms with Crippen LogP contribution in [0, 0.1) is 0 Å². The van der Waals surface area contributed by atoms with Gasteiger partial charge in [0.2, 0.25) is 0 Å². The SMILES string of the molecule is CC1(C)c2cc(N3CCN(C4CCC4)CC3)ncc2C(=O)c2c1[nH]c1cc(C(=O)O)ccc21. The van der Waals surface area contributed by atoms with Crippen LogP contribution in [-0.4, -0.2) is 63.9 Å². The van der Waals surface area contributed by atoms with Crippen LogP contribution in [0.2, 0.25) is 0 Å². The van der Waals surface area contributed by atoms with Gasteiger partial charge in [0.15, 0.2) is 5.78 Å². The summed E-state index contributed by atoms with van der Waals surface area (Å²) in [4.78, 5) is 38.0. The molecule has 1 saturated carbocycles. The molecule has 7 heteroatoms. The minimum absolute atomic E-state index is 0.0532. The summed E-state index contributed by atoms with van der Waals surface area (Å²) in [5.74, 6) is -0.109. The van der Waals surface area contributed by atoms with E-state index in [1.165, 1.54) is 19.3 Å². The van der Waals surface area contributed by atoms with Gasteiger partial charge in [0, 0.05) is 66.0 Å². The number of aromatic amines is 1. The van der Waals surface area contributed by atoms with Crippen molar-refractivity contribution < 1.29 is 14.7 Å². The zero-order valence-electron chi connectivity index (χ0n) is 19.0. The van der Waals surface area contributed by atoms with Crippen molar-refractivity contribution in [1.82, 2.24) is 14.9 Å². The van der Waals surface area contributed by atoms with Gasteiger partial charge in [0.25, 0.3) is 0 Å². The van der Waals surface area contributed by atoms with Crippen LogP contribution in [0.1, 0.15) is 70.6 Å². The Kier molecular flexibility index (Phi) is 4.43. The lowest BCUT2D eigenvalue weighted by atomic mass is 9.72. The molecule has 1 saturated heterocycles. The number of hydrogen-bond acceptors (Lipinski definition) is 5. The molecule has 7 nitrogen and oxygen atoms in total. The number of aromatic carboxylic acids is 1. The molecule has 0 spiro atoms. The first-order valence-electron chi connectivity index (χ1n) is 11.8. The van der Waals surface area contributed by atoms with Gasteiger partial charge in [0.1, 0.15) is 5.82 Å². The molecule has 0 atom stereocenters. The lowest BCUT2D eigenvalue weighted by Crippen LogP contribution is -2.52. The van der Waals surface area contributed by atoms with E-state index in [1.807, 2.05) is 0 Å². The zero-order chi connectivity index (χ0) is 22.9. The van der Waals surface area contributed by atoms with Crippen LogP contribution >= 0.6 is 0 Å². The Morgan fingerprint density at radius 3 is 2.58 bits per heavy atom. The maximum absolute atomic E-state index is 13.5. The number of carbonyl (C=O) groups excluding carboxylic acids is 1. The minimum atomic E-state index is -0.982. The number of carbonyl (C=O) groups is 2. The lowest BCUT2D eigenvalue weighted by molar-refractivity contribution is 0.0697. The molecule has 3 aromatic rings. The molecule has 2 aliphatic carbocycles. The predicted molar refractivity (Wildman–Crippen MR) is 126 cm³/mol. The van der Waals surface area contributed by atoms with Crippen molar-refractivity contribution in [1.29, 1.82) is 0 Å². The molecule has 170 valence electrons. The van der Waals surface area contributed by atoms with Gasteiger partial charge in [-0.25, -0.2) is 9.78 Å². The average Bonchev–Trinajstić information content (AvgIpc) is 3.17. The fraction of sp³-hybridized carbons (Fsp3) is 0.423. The summed E-state index contributed by atoms with van der Waals surface area (Å²) in [5.41, 5.74) is 3.51. The van der Waals surface area contributed by atoms with Gasteiger partial charge in [-0.2, -0.15) is 0 Å². The van der Waals surface area contributed by atoms with Crippen LogP contribution in [0.25, 0.3) is 10.9 Å². The number of piperazine rings is 1. The van der Waals surface area contributed by atoms with Gasteiger partial charge in [-0.1, -0.05) is 26.3 Å². The molecule has 6 rings (SSSR count). The van der Waals surface area contributed by atoms with E-state index in [9.17, 15) is 14.7 Å². The van der Waals surface area contributed by atoms with E-state index in [4.69, 9.17) is 4.98 Å². The van der Waals surface area contributed by atoms with Gasteiger partial charge in [-0.05, 0) is 36.6 Å². The Morgan fingerprint density at radius 2 is 1.91 bits per heavy atom. The first-order chi connectivity index (χ1) is 15.8. The summed E-state index contributed by atoms with van der Waals surface area (Å²) in [6.45, 7) is 8.25. The zero-order valence-corrected chi connectivity index (χ0v) is 19.0.